The molecule has 56 heavy (non-hydrogen) atoms. The topological polar surface area (TPSA) is 16.4 Å². The van der Waals surface area contributed by atoms with E-state index in [1.165, 1.54) is 60.1 Å². The van der Waals surface area contributed by atoms with Crippen molar-refractivity contribution in [3.8, 4) is 33.4 Å². The third-order valence-corrected chi connectivity index (χ3v) is 11.2. The summed E-state index contributed by atoms with van der Waals surface area (Å²) >= 11 is 0. The average molecular weight is 714 g/mol. The molecule has 0 unspecified atom stereocenters. The number of benzene rings is 10. The molecule has 1 aromatic heterocycles. The van der Waals surface area contributed by atoms with E-state index >= 15 is 0 Å². The number of hydrogen-bond acceptors (Lipinski definition) is 2. The molecular weight excluding hydrogens is 679 g/mol. The van der Waals surface area contributed by atoms with Crippen LogP contribution in [0.4, 0.5) is 17.1 Å². The highest BCUT2D eigenvalue weighted by atomic mass is 16.3. The average Bonchev–Trinajstić information content (AvgIpc) is 3.64. The van der Waals surface area contributed by atoms with E-state index in [1.54, 1.807) is 0 Å². The maximum atomic E-state index is 6.48. The fourth-order valence-electron chi connectivity index (χ4n) is 8.62. The van der Waals surface area contributed by atoms with Crippen LogP contribution in [0.3, 0.4) is 0 Å². The molecule has 0 aliphatic heterocycles. The number of anilines is 3. The van der Waals surface area contributed by atoms with Crippen molar-refractivity contribution < 1.29 is 4.42 Å². The van der Waals surface area contributed by atoms with Crippen LogP contribution in [0.1, 0.15) is 0 Å². The molecule has 2 heteroatoms. The van der Waals surface area contributed by atoms with Gasteiger partial charge in [-0.15, -0.1) is 0 Å². The van der Waals surface area contributed by atoms with Crippen molar-refractivity contribution in [2.75, 3.05) is 4.90 Å². The highest BCUT2D eigenvalue weighted by Gasteiger charge is 2.21. The Balaban J connectivity index is 1.19. The quantitative estimate of drug-likeness (QED) is 0.160. The smallest absolute Gasteiger partial charge is 0.137 e. The van der Waals surface area contributed by atoms with Crippen LogP contribution in [0, 0.1) is 0 Å². The lowest BCUT2D eigenvalue weighted by atomic mass is 9.85. The maximum Gasteiger partial charge on any atom is 0.137 e. The summed E-state index contributed by atoms with van der Waals surface area (Å²) in [6, 6.07) is 76.6. The molecule has 0 aliphatic rings. The fraction of sp³-hybridized carbons (Fsp3) is 0. The SMILES string of the molecule is c1ccc(-c2c(-c3ccccc3)c3cc(N(c4cccc(-c5ccc6ccccc6c5)c4)c4ccc5c(c4)oc4ccccc45)ccc3c3ccccc23)cc1. The van der Waals surface area contributed by atoms with Crippen molar-refractivity contribution in [2.45, 2.75) is 0 Å². The summed E-state index contributed by atoms with van der Waals surface area (Å²) in [5.41, 5.74) is 12.1. The van der Waals surface area contributed by atoms with E-state index in [-0.39, 0.29) is 0 Å². The molecule has 0 saturated heterocycles. The van der Waals surface area contributed by atoms with E-state index in [1.807, 2.05) is 12.1 Å². The molecule has 262 valence electrons. The predicted octanol–water partition coefficient (Wildman–Crippen LogP) is 15.5. The Labute approximate surface area is 325 Å². The van der Waals surface area contributed by atoms with Gasteiger partial charge >= 0.3 is 0 Å². The van der Waals surface area contributed by atoms with Gasteiger partial charge in [0.15, 0.2) is 0 Å². The van der Waals surface area contributed by atoms with Gasteiger partial charge in [-0.25, -0.2) is 0 Å². The molecule has 11 rings (SSSR count). The summed E-state index contributed by atoms with van der Waals surface area (Å²) in [7, 11) is 0. The predicted molar refractivity (Wildman–Crippen MR) is 237 cm³/mol. The molecule has 0 N–H and O–H groups in total. The first-order valence-electron chi connectivity index (χ1n) is 19.2. The Bertz CT molecular complexity index is 3250. The van der Waals surface area contributed by atoms with E-state index in [0.717, 1.165) is 44.6 Å². The lowest BCUT2D eigenvalue weighted by Crippen LogP contribution is -2.10. The number of furan rings is 1. The van der Waals surface area contributed by atoms with Crippen LogP contribution < -0.4 is 4.90 Å². The number of para-hydroxylation sites is 1. The molecule has 0 bridgehead atoms. The molecule has 0 fully saturated rings. The first-order valence-corrected chi connectivity index (χ1v) is 19.2. The van der Waals surface area contributed by atoms with Crippen LogP contribution >= 0.6 is 0 Å². The summed E-state index contributed by atoms with van der Waals surface area (Å²) in [5.74, 6) is 0. The van der Waals surface area contributed by atoms with Crippen molar-refractivity contribution in [1.82, 2.24) is 0 Å². The first kappa shape index (κ1) is 32.0. The molecule has 10 aromatic carbocycles. The Kier molecular flexibility index (Phi) is 7.53. The minimum absolute atomic E-state index is 0.863. The van der Waals surface area contributed by atoms with E-state index in [0.29, 0.717) is 0 Å². The number of fused-ring (bicyclic) bond motifs is 7. The zero-order chi connectivity index (χ0) is 37.0. The van der Waals surface area contributed by atoms with Gasteiger partial charge in [-0.05, 0) is 114 Å². The molecule has 0 spiro atoms. The summed E-state index contributed by atoms with van der Waals surface area (Å²) in [5, 5.41) is 9.60. The molecular formula is C54H35NO. The van der Waals surface area contributed by atoms with Gasteiger partial charge in [-0.2, -0.15) is 0 Å². The van der Waals surface area contributed by atoms with Crippen molar-refractivity contribution in [3.05, 3.63) is 212 Å². The first-order chi connectivity index (χ1) is 27.8. The summed E-state index contributed by atoms with van der Waals surface area (Å²) in [6.45, 7) is 0. The van der Waals surface area contributed by atoms with Gasteiger partial charge in [-0.3, -0.25) is 0 Å². The van der Waals surface area contributed by atoms with Gasteiger partial charge in [-0.1, -0.05) is 158 Å². The van der Waals surface area contributed by atoms with Crippen LogP contribution in [-0.4, -0.2) is 0 Å². The second-order valence-electron chi connectivity index (χ2n) is 14.5. The third-order valence-electron chi connectivity index (χ3n) is 11.2. The highest BCUT2D eigenvalue weighted by molar-refractivity contribution is 6.22. The molecule has 2 nitrogen and oxygen atoms in total. The monoisotopic (exact) mass is 713 g/mol. The van der Waals surface area contributed by atoms with Crippen LogP contribution in [0.5, 0.6) is 0 Å². The Morgan fingerprint density at radius 1 is 0.268 bits per heavy atom. The van der Waals surface area contributed by atoms with E-state index in [9.17, 15) is 0 Å². The standard InChI is InChI=1S/C54H35NO/c1-3-15-37(16-4-1)53-49-24-10-9-22-45(49)46-30-28-43(34-50(46)54(53)38-17-5-2-6-18-38)55(44-29-31-48-47-23-11-12-25-51(47)56-52(48)35-44)42-21-13-20-40(33-42)41-27-26-36-14-7-8-19-39(36)32-41/h1-35H. The van der Waals surface area contributed by atoms with E-state index < -0.39 is 0 Å². The molecule has 1 heterocycles. The van der Waals surface area contributed by atoms with E-state index in [4.69, 9.17) is 4.42 Å². The van der Waals surface area contributed by atoms with Gasteiger partial charge in [0.05, 0.1) is 0 Å². The van der Waals surface area contributed by atoms with E-state index in [2.05, 4.69) is 205 Å². The maximum absolute atomic E-state index is 6.48. The van der Waals surface area contributed by atoms with Gasteiger partial charge < -0.3 is 9.32 Å². The van der Waals surface area contributed by atoms with Crippen molar-refractivity contribution in [3.63, 3.8) is 0 Å². The zero-order valence-corrected chi connectivity index (χ0v) is 30.6. The normalized spacial score (nSPS) is 11.6. The summed E-state index contributed by atoms with van der Waals surface area (Å²) in [6.07, 6.45) is 0. The summed E-state index contributed by atoms with van der Waals surface area (Å²) < 4.78 is 6.48. The Hall–Kier alpha value is -7.42. The minimum atomic E-state index is 0.863. The summed E-state index contributed by atoms with van der Waals surface area (Å²) in [4.78, 5) is 2.38. The second kappa shape index (κ2) is 13.2. The zero-order valence-electron chi connectivity index (χ0n) is 30.6. The molecule has 0 aliphatic carbocycles. The Morgan fingerprint density at radius 2 is 0.804 bits per heavy atom. The molecule has 0 atom stereocenters. The van der Waals surface area contributed by atoms with Crippen LogP contribution in [0.2, 0.25) is 0 Å². The minimum Gasteiger partial charge on any atom is -0.456 e. The third kappa shape index (κ3) is 5.34. The molecule has 0 saturated carbocycles. The number of nitrogens with zero attached hydrogens (tertiary/aromatic N) is 1. The number of rotatable bonds is 6. The van der Waals surface area contributed by atoms with Crippen molar-refractivity contribution in [1.29, 1.82) is 0 Å². The Morgan fingerprint density at radius 3 is 1.59 bits per heavy atom. The van der Waals surface area contributed by atoms with Gasteiger partial charge in [0.1, 0.15) is 11.2 Å². The molecule has 0 radical (unpaired) electrons. The molecule has 11 aromatic rings. The van der Waals surface area contributed by atoms with Gasteiger partial charge in [0.25, 0.3) is 0 Å². The second-order valence-corrected chi connectivity index (χ2v) is 14.5. The van der Waals surface area contributed by atoms with Crippen LogP contribution in [0.25, 0.3) is 87.6 Å². The van der Waals surface area contributed by atoms with Crippen LogP contribution in [0.15, 0.2) is 217 Å². The van der Waals surface area contributed by atoms with Crippen molar-refractivity contribution in [2.24, 2.45) is 0 Å². The fourth-order valence-corrected chi connectivity index (χ4v) is 8.62. The van der Waals surface area contributed by atoms with Crippen molar-refractivity contribution >= 4 is 71.3 Å². The van der Waals surface area contributed by atoms with Gasteiger partial charge in [0, 0.05) is 33.9 Å². The lowest BCUT2D eigenvalue weighted by molar-refractivity contribution is 0.669. The van der Waals surface area contributed by atoms with Gasteiger partial charge in [0.2, 0.25) is 0 Å². The number of hydrogen-bond donors (Lipinski definition) is 0. The lowest BCUT2D eigenvalue weighted by Gasteiger charge is -2.27. The largest absolute Gasteiger partial charge is 0.456 e. The highest BCUT2D eigenvalue weighted by Crippen LogP contribution is 2.47. The molecule has 0 amide bonds. The van der Waals surface area contributed by atoms with Crippen LogP contribution in [-0.2, 0) is 0 Å².